The number of carbonyl (C=O) groups is 2. The second-order valence-corrected chi connectivity index (χ2v) is 6.95. The average Bonchev–Trinajstić information content (AvgIpc) is 3.46. The van der Waals surface area contributed by atoms with Gasteiger partial charge in [0.2, 0.25) is 5.91 Å². The number of amides is 3. The normalized spacial score (nSPS) is 19.6. The first-order valence-electron chi connectivity index (χ1n) is 9.37. The largest absolute Gasteiger partial charge is 0.492 e. The Balaban J connectivity index is 1.33. The van der Waals surface area contributed by atoms with Gasteiger partial charge in [-0.15, -0.1) is 0 Å². The van der Waals surface area contributed by atoms with Gasteiger partial charge in [0.25, 0.3) is 0 Å². The number of piperazine rings is 1. The number of hydrogen-bond acceptors (Lipinski definition) is 5. The molecule has 2 N–H and O–H groups in total. The Morgan fingerprint density at radius 1 is 1.15 bits per heavy atom. The summed E-state index contributed by atoms with van der Waals surface area (Å²) in [7, 11) is 0. The quantitative estimate of drug-likeness (QED) is 0.761. The molecular formula is C19H28N4O3. The number of nitrogens with one attached hydrogen (secondary N) is 2. The summed E-state index contributed by atoms with van der Waals surface area (Å²) in [6.07, 6.45) is 2.01. The molecule has 0 spiro atoms. The van der Waals surface area contributed by atoms with Crippen molar-refractivity contribution in [2.45, 2.75) is 31.8 Å². The van der Waals surface area contributed by atoms with Gasteiger partial charge in [0.15, 0.2) is 0 Å². The van der Waals surface area contributed by atoms with Crippen molar-refractivity contribution >= 4 is 11.9 Å². The van der Waals surface area contributed by atoms with Crippen LogP contribution in [0, 0.1) is 0 Å². The SMILES string of the molecule is CC(C(=O)NC(=O)NC1CC1)N1CCN(CCOc2ccccc2)CC1. The summed E-state index contributed by atoms with van der Waals surface area (Å²) >= 11 is 0. The number of carbonyl (C=O) groups excluding carboxylic acids is 2. The van der Waals surface area contributed by atoms with Crippen molar-refractivity contribution in [1.29, 1.82) is 0 Å². The first kappa shape index (κ1) is 18.7. The molecule has 7 heteroatoms. The first-order valence-corrected chi connectivity index (χ1v) is 9.37. The number of imide groups is 1. The van der Waals surface area contributed by atoms with E-state index in [1.165, 1.54) is 0 Å². The van der Waals surface area contributed by atoms with E-state index < -0.39 is 0 Å². The zero-order valence-electron chi connectivity index (χ0n) is 15.3. The Labute approximate surface area is 154 Å². The number of ether oxygens (including phenoxy) is 1. The molecule has 1 unspecified atom stereocenters. The molecular weight excluding hydrogens is 332 g/mol. The summed E-state index contributed by atoms with van der Waals surface area (Å²) in [5, 5.41) is 5.22. The van der Waals surface area contributed by atoms with Gasteiger partial charge in [-0.25, -0.2) is 4.79 Å². The molecule has 1 aromatic rings. The zero-order valence-corrected chi connectivity index (χ0v) is 15.3. The number of nitrogens with zero attached hydrogens (tertiary/aromatic N) is 2. The Bertz CT molecular complexity index is 598. The predicted molar refractivity (Wildman–Crippen MR) is 99.1 cm³/mol. The van der Waals surface area contributed by atoms with E-state index in [9.17, 15) is 9.59 Å². The molecule has 2 fully saturated rings. The average molecular weight is 360 g/mol. The van der Waals surface area contributed by atoms with Crippen LogP contribution in [0.25, 0.3) is 0 Å². The van der Waals surface area contributed by atoms with Crippen LogP contribution >= 0.6 is 0 Å². The standard InChI is InChI=1S/C19H28N4O3/c1-15(18(24)21-19(25)20-16-7-8-16)23-11-9-22(10-12-23)13-14-26-17-5-3-2-4-6-17/h2-6,15-16H,7-14H2,1H3,(H2,20,21,24,25). The Morgan fingerprint density at radius 3 is 2.50 bits per heavy atom. The second-order valence-electron chi connectivity index (χ2n) is 6.95. The van der Waals surface area contributed by atoms with Crippen LogP contribution in [0.4, 0.5) is 4.79 Å². The lowest BCUT2D eigenvalue weighted by molar-refractivity contribution is -0.125. The van der Waals surface area contributed by atoms with E-state index in [0.29, 0.717) is 6.61 Å². The molecule has 0 bridgehead atoms. The van der Waals surface area contributed by atoms with Gasteiger partial charge >= 0.3 is 6.03 Å². The summed E-state index contributed by atoms with van der Waals surface area (Å²) in [5.74, 6) is 0.657. The van der Waals surface area contributed by atoms with E-state index in [-0.39, 0.29) is 24.0 Å². The highest BCUT2D eigenvalue weighted by Crippen LogP contribution is 2.18. The second kappa shape index (κ2) is 9.00. The molecule has 1 aromatic carbocycles. The van der Waals surface area contributed by atoms with Crippen molar-refractivity contribution in [1.82, 2.24) is 20.4 Å². The number of hydrogen-bond donors (Lipinski definition) is 2. The third kappa shape index (κ3) is 5.71. The maximum atomic E-state index is 12.2. The number of para-hydroxylation sites is 1. The Morgan fingerprint density at radius 2 is 1.85 bits per heavy atom. The van der Waals surface area contributed by atoms with Crippen molar-refractivity contribution in [2.24, 2.45) is 0 Å². The molecule has 2 aliphatic rings. The lowest BCUT2D eigenvalue weighted by Gasteiger charge is -2.37. The van der Waals surface area contributed by atoms with Crippen molar-refractivity contribution in [3.63, 3.8) is 0 Å². The van der Waals surface area contributed by atoms with Gasteiger partial charge in [0.05, 0.1) is 6.04 Å². The minimum atomic E-state index is -0.374. The molecule has 1 aliphatic carbocycles. The fourth-order valence-corrected chi connectivity index (χ4v) is 3.01. The minimum Gasteiger partial charge on any atom is -0.492 e. The fraction of sp³-hybridized carbons (Fsp3) is 0.579. The van der Waals surface area contributed by atoms with E-state index in [0.717, 1.165) is 51.3 Å². The van der Waals surface area contributed by atoms with Crippen LogP contribution in [0.1, 0.15) is 19.8 Å². The summed E-state index contributed by atoms with van der Waals surface area (Å²) in [4.78, 5) is 28.4. The molecule has 1 aliphatic heterocycles. The number of urea groups is 1. The molecule has 1 atom stereocenters. The molecule has 142 valence electrons. The molecule has 0 aromatic heterocycles. The molecule has 0 radical (unpaired) electrons. The van der Waals surface area contributed by atoms with Crippen molar-refractivity contribution < 1.29 is 14.3 Å². The molecule has 7 nitrogen and oxygen atoms in total. The van der Waals surface area contributed by atoms with E-state index in [4.69, 9.17) is 4.74 Å². The van der Waals surface area contributed by atoms with Crippen LogP contribution in [0.2, 0.25) is 0 Å². The highest BCUT2D eigenvalue weighted by molar-refractivity contribution is 5.97. The summed E-state index contributed by atoms with van der Waals surface area (Å²) in [6.45, 7) is 6.78. The van der Waals surface area contributed by atoms with Gasteiger partial charge in [-0.2, -0.15) is 0 Å². The van der Waals surface area contributed by atoms with E-state index >= 15 is 0 Å². The maximum absolute atomic E-state index is 12.2. The van der Waals surface area contributed by atoms with Gasteiger partial charge in [0.1, 0.15) is 12.4 Å². The van der Waals surface area contributed by atoms with Crippen LogP contribution in [0.15, 0.2) is 30.3 Å². The van der Waals surface area contributed by atoms with Gasteiger partial charge in [0, 0.05) is 38.8 Å². The van der Waals surface area contributed by atoms with Crippen LogP contribution in [-0.2, 0) is 4.79 Å². The number of benzene rings is 1. The van der Waals surface area contributed by atoms with Crippen LogP contribution in [-0.4, -0.2) is 73.2 Å². The summed E-state index contributed by atoms with van der Waals surface area (Å²) in [5.41, 5.74) is 0. The third-order valence-electron chi connectivity index (χ3n) is 4.90. The molecule has 26 heavy (non-hydrogen) atoms. The molecule has 1 saturated carbocycles. The lowest BCUT2D eigenvalue weighted by Crippen LogP contribution is -2.55. The Hall–Kier alpha value is -2.12. The highest BCUT2D eigenvalue weighted by Gasteiger charge is 2.28. The topological polar surface area (TPSA) is 73.9 Å². The van der Waals surface area contributed by atoms with Crippen LogP contribution in [0.3, 0.4) is 0 Å². The number of rotatable bonds is 7. The van der Waals surface area contributed by atoms with Crippen LogP contribution in [0.5, 0.6) is 5.75 Å². The molecule has 1 heterocycles. The van der Waals surface area contributed by atoms with E-state index in [1.807, 2.05) is 37.3 Å². The van der Waals surface area contributed by atoms with Gasteiger partial charge in [-0.1, -0.05) is 18.2 Å². The molecule has 3 amide bonds. The zero-order chi connectivity index (χ0) is 18.4. The monoisotopic (exact) mass is 360 g/mol. The minimum absolute atomic E-state index is 0.232. The van der Waals surface area contributed by atoms with Crippen LogP contribution < -0.4 is 15.4 Å². The maximum Gasteiger partial charge on any atom is 0.321 e. The summed E-state index contributed by atoms with van der Waals surface area (Å²) in [6, 6.07) is 9.38. The smallest absolute Gasteiger partial charge is 0.321 e. The van der Waals surface area contributed by atoms with Crippen molar-refractivity contribution in [3.05, 3.63) is 30.3 Å². The van der Waals surface area contributed by atoms with Crippen molar-refractivity contribution in [2.75, 3.05) is 39.3 Å². The molecule has 3 rings (SSSR count). The third-order valence-corrected chi connectivity index (χ3v) is 4.90. The lowest BCUT2D eigenvalue weighted by atomic mass is 10.2. The van der Waals surface area contributed by atoms with Gasteiger partial charge < -0.3 is 10.1 Å². The van der Waals surface area contributed by atoms with Gasteiger partial charge in [-0.05, 0) is 31.9 Å². The van der Waals surface area contributed by atoms with Crippen molar-refractivity contribution in [3.8, 4) is 5.75 Å². The van der Waals surface area contributed by atoms with Gasteiger partial charge in [-0.3, -0.25) is 19.9 Å². The van der Waals surface area contributed by atoms with E-state index in [1.54, 1.807) is 0 Å². The summed E-state index contributed by atoms with van der Waals surface area (Å²) < 4.78 is 5.74. The Kier molecular flexibility index (Phi) is 6.46. The van der Waals surface area contributed by atoms with E-state index in [2.05, 4.69) is 20.4 Å². The predicted octanol–water partition coefficient (Wildman–Crippen LogP) is 1.06. The molecule has 1 saturated heterocycles. The highest BCUT2D eigenvalue weighted by atomic mass is 16.5. The fourth-order valence-electron chi connectivity index (χ4n) is 3.01. The first-order chi connectivity index (χ1) is 12.6.